The van der Waals surface area contributed by atoms with Crippen molar-refractivity contribution < 1.29 is 9.90 Å². The summed E-state index contributed by atoms with van der Waals surface area (Å²) in [7, 11) is 0. The van der Waals surface area contributed by atoms with Gasteiger partial charge in [-0.2, -0.15) is 0 Å². The average molecular weight is 196 g/mol. The van der Waals surface area contributed by atoms with Crippen molar-refractivity contribution in [2.24, 2.45) is 5.92 Å². The van der Waals surface area contributed by atoms with E-state index in [9.17, 15) is 4.79 Å². The Morgan fingerprint density at radius 1 is 1.50 bits per heavy atom. The molecular formula is C12H20O2. The fourth-order valence-electron chi connectivity index (χ4n) is 2.30. The van der Waals surface area contributed by atoms with Crippen LogP contribution in [-0.4, -0.2) is 11.1 Å². The highest BCUT2D eigenvalue weighted by Gasteiger charge is 2.16. The number of carboxylic acids is 1. The standard InChI is InChI=1S/C12H20O2/c1-9-5-3-4-6-10(2)11(9)7-8-12(13)14/h9H,3-8H2,1-2H3,(H,13,14). The van der Waals surface area contributed by atoms with E-state index < -0.39 is 5.97 Å². The molecular weight excluding hydrogens is 176 g/mol. The van der Waals surface area contributed by atoms with Crippen LogP contribution in [0, 0.1) is 5.92 Å². The summed E-state index contributed by atoms with van der Waals surface area (Å²) in [6.45, 7) is 4.39. The van der Waals surface area contributed by atoms with Crippen LogP contribution in [0.25, 0.3) is 0 Å². The fourth-order valence-corrected chi connectivity index (χ4v) is 2.30. The summed E-state index contributed by atoms with van der Waals surface area (Å²) in [6.07, 6.45) is 5.99. The maximum absolute atomic E-state index is 10.5. The van der Waals surface area contributed by atoms with Gasteiger partial charge in [-0.1, -0.05) is 24.5 Å². The van der Waals surface area contributed by atoms with Gasteiger partial charge in [0.2, 0.25) is 0 Å². The van der Waals surface area contributed by atoms with Crippen LogP contribution in [0.5, 0.6) is 0 Å². The van der Waals surface area contributed by atoms with Gasteiger partial charge in [0.05, 0.1) is 0 Å². The van der Waals surface area contributed by atoms with E-state index in [1.807, 2.05) is 0 Å². The third-order valence-electron chi connectivity index (χ3n) is 3.19. The minimum Gasteiger partial charge on any atom is -0.481 e. The predicted molar refractivity (Wildman–Crippen MR) is 57.2 cm³/mol. The molecule has 0 aliphatic heterocycles. The van der Waals surface area contributed by atoms with E-state index in [1.165, 1.54) is 36.8 Å². The minimum absolute atomic E-state index is 0.289. The lowest BCUT2D eigenvalue weighted by atomic mass is 9.91. The summed E-state index contributed by atoms with van der Waals surface area (Å²) in [5, 5.41) is 8.66. The molecule has 0 fully saturated rings. The predicted octanol–water partition coefficient (Wildman–Crippen LogP) is 3.38. The zero-order valence-corrected chi connectivity index (χ0v) is 9.18. The van der Waals surface area contributed by atoms with Crippen molar-refractivity contribution in [3.05, 3.63) is 11.1 Å². The molecule has 1 unspecified atom stereocenters. The second-order valence-corrected chi connectivity index (χ2v) is 4.35. The van der Waals surface area contributed by atoms with Gasteiger partial charge in [0, 0.05) is 6.42 Å². The molecule has 0 bridgehead atoms. The monoisotopic (exact) mass is 196 g/mol. The minimum atomic E-state index is -0.679. The first kappa shape index (κ1) is 11.3. The van der Waals surface area contributed by atoms with E-state index in [4.69, 9.17) is 5.11 Å². The molecule has 0 saturated heterocycles. The SMILES string of the molecule is CC1=C(CCC(=O)O)C(C)CCCC1. The molecule has 0 heterocycles. The van der Waals surface area contributed by atoms with E-state index in [1.54, 1.807) is 0 Å². The largest absolute Gasteiger partial charge is 0.481 e. The summed E-state index contributed by atoms with van der Waals surface area (Å²) in [4.78, 5) is 10.5. The van der Waals surface area contributed by atoms with Gasteiger partial charge in [0.15, 0.2) is 0 Å². The first-order valence-electron chi connectivity index (χ1n) is 5.51. The third-order valence-corrected chi connectivity index (χ3v) is 3.19. The second-order valence-electron chi connectivity index (χ2n) is 4.35. The summed E-state index contributed by atoms with van der Waals surface area (Å²) in [5.74, 6) is -0.0846. The van der Waals surface area contributed by atoms with Crippen molar-refractivity contribution >= 4 is 5.97 Å². The highest BCUT2D eigenvalue weighted by molar-refractivity contribution is 5.67. The lowest BCUT2D eigenvalue weighted by Crippen LogP contribution is -2.03. The summed E-state index contributed by atoms with van der Waals surface area (Å²) in [5.41, 5.74) is 2.85. The molecule has 1 aliphatic carbocycles. The first-order valence-corrected chi connectivity index (χ1v) is 5.51. The third kappa shape index (κ3) is 3.17. The van der Waals surface area contributed by atoms with Crippen molar-refractivity contribution in [2.75, 3.05) is 0 Å². The number of hydrogen-bond acceptors (Lipinski definition) is 1. The topological polar surface area (TPSA) is 37.3 Å². The first-order chi connectivity index (χ1) is 6.61. The quantitative estimate of drug-likeness (QED) is 0.702. The molecule has 0 amide bonds. The van der Waals surface area contributed by atoms with E-state index in [-0.39, 0.29) is 6.42 Å². The number of carbonyl (C=O) groups is 1. The highest BCUT2D eigenvalue weighted by atomic mass is 16.4. The summed E-state index contributed by atoms with van der Waals surface area (Å²) >= 11 is 0. The van der Waals surface area contributed by atoms with Crippen LogP contribution >= 0.6 is 0 Å². The van der Waals surface area contributed by atoms with E-state index in [0.29, 0.717) is 5.92 Å². The van der Waals surface area contributed by atoms with E-state index in [0.717, 1.165) is 6.42 Å². The van der Waals surface area contributed by atoms with Crippen LogP contribution in [0.4, 0.5) is 0 Å². The molecule has 0 aromatic heterocycles. The Balaban J connectivity index is 2.63. The molecule has 0 aromatic rings. The molecule has 1 N–H and O–H groups in total. The molecule has 2 heteroatoms. The Labute approximate surface area is 86.0 Å². The van der Waals surface area contributed by atoms with Gasteiger partial charge in [-0.15, -0.1) is 0 Å². The Morgan fingerprint density at radius 2 is 2.21 bits per heavy atom. The van der Waals surface area contributed by atoms with Crippen LogP contribution < -0.4 is 0 Å². The van der Waals surface area contributed by atoms with Gasteiger partial charge in [-0.25, -0.2) is 0 Å². The van der Waals surface area contributed by atoms with E-state index >= 15 is 0 Å². The second kappa shape index (κ2) is 5.18. The molecule has 0 spiro atoms. The number of aliphatic carboxylic acids is 1. The Bertz CT molecular complexity index is 241. The van der Waals surface area contributed by atoms with Crippen molar-refractivity contribution in [1.82, 2.24) is 0 Å². The molecule has 0 aromatic carbocycles. The molecule has 1 rings (SSSR count). The number of allylic oxidation sites excluding steroid dienone is 2. The van der Waals surface area contributed by atoms with Crippen molar-refractivity contribution in [2.45, 2.75) is 52.4 Å². The Morgan fingerprint density at radius 3 is 2.86 bits per heavy atom. The van der Waals surface area contributed by atoms with Crippen LogP contribution in [0.2, 0.25) is 0 Å². The molecule has 1 atom stereocenters. The fraction of sp³-hybridized carbons (Fsp3) is 0.750. The highest BCUT2D eigenvalue weighted by Crippen LogP contribution is 2.31. The van der Waals surface area contributed by atoms with Crippen LogP contribution in [0.3, 0.4) is 0 Å². The Hall–Kier alpha value is -0.790. The molecule has 0 radical (unpaired) electrons. The van der Waals surface area contributed by atoms with Gasteiger partial charge >= 0.3 is 5.97 Å². The van der Waals surface area contributed by atoms with Crippen molar-refractivity contribution in [1.29, 1.82) is 0 Å². The van der Waals surface area contributed by atoms with Gasteiger partial charge in [-0.05, 0) is 38.5 Å². The van der Waals surface area contributed by atoms with Gasteiger partial charge in [0.1, 0.15) is 0 Å². The smallest absolute Gasteiger partial charge is 0.303 e. The van der Waals surface area contributed by atoms with Crippen molar-refractivity contribution in [3.8, 4) is 0 Å². The summed E-state index contributed by atoms with van der Waals surface area (Å²) in [6, 6.07) is 0. The zero-order valence-electron chi connectivity index (χ0n) is 9.18. The number of hydrogen-bond donors (Lipinski definition) is 1. The molecule has 1 aliphatic rings. The molecule has 80 valence electrons. The molecule has 0 saturated carbocycles. The maximum Gasteiger partial charge on any atom is 0.303 e. The van der Waals surface area contributed by atoms with Crippen LogP contribution in [0.1, 0.15) is 52.4 Å². The zero-order chi connectivity index (χ0) is 10.6. The van der Waals surface area contributed by atoms with Crippen LogP contribution in [-0.2, 0) is 4.79 Å². The van der Waals surface area contributed by atoms with Gasteiger partial charge < -0.3 is 5.11 Å². The Kier molecular flexibility index (Phi) is 4.18. The van der Waals surface area contributed by atoms with Gasteiger partial charge in [0.25, 0.3) is 0 Å². The average Bonchev–Trinajstić information content (AvgIpc) is 2.25. The summed E-state index contributed by atoms with van der Waals surface area (Å²) < 4.78 is 0. The molecule has 14 heavy (non-hydrogen) atoms. The van der Waals surface area contributed by atoms with Gasteiger partial charge in [-0.3, -0.25) is 4.79 Å². The maximum atomic E-state index is 10.5. The lowest BCUT2D eigenvalue weighted by molar-refractivity contribution is -0.136. The normalized spacial score (nSPS) is 23.4. The van der Waals surface area contributed by atoms with Crippen LogP contribution in [0.15, 0.2) is 11.1 Å². The molecule has 2 nitrogen and oxygen atoms in total. The lowest BCUT2D eigenvalue weighted by Gasteiger charge is -2.15. The van der Waals surface area contributed by atoms with Crippen molar-refractivity contribution in [3.63, 3.8) is 0 Å². The number of carboxylic acid groups (broad SMARTS) is 1. The van der Waals surface area contributed by atoms with E-state index in [2.05, 4.69) is 13.8 Å². The number of rotatable bonds is 3.